The van der Waals surface area contributed by atoms with Gasteiger partial charge in [-0.2, -0.15) is 0 Å². The number of anilines is 1. The highest BCUT2D eigenvalue weighted by Crippen LogP contribution is 2.31. The van der Waals surface area contributed by atoms with Crippen LogP contribution in [0.2, 0.25) is 0 Å². The summed E-state index contributed by atoms with van der Waals surface area (Å²) in [7, 11) is 1.51. The van der Waals surface area contributed by atoms with Crippen molar-refractivity contribution in [2.24, 2.45) is 0 Å². The van der Waals surface area contributed by atoms with Crippen molar-refractivity contribution in [2.45, 2.75) is 19.1 Å². The lowest BCUT2D eigenvalue weighted by molar-refractivity contribution is -0.162. The molecule has 2 aromatic carbocycles. The minimum atomic E-state index is -1.01. The van der Waals surface area contributed by atoms with Crippen LogP contribution in [0.15, 0.2) is 48.5 Å². The molecule has 0 spiro atoms. The number of ether oxygens (including phenoxy) is 4. The topological polar surface area (TPSA) is 83.1 Å². The Balaban J connectivity index is 1.58. The molecule has 1 aliphatic rings. The molecule has 0 unspecified atom stereocenters. The molecule has 1 aliphatic heterocycles. The van der Waals surface area contributed by atoms with Gasteiger partial charge < -0.3 is 24.3 Å². The van der Waals surface area contributed by atoms with Crippen LogP contribution in [-0.2, 0) is 14.3 Å². The van der Waals surface area contributed by atoms with Crippen molar-refractivity contribution < 1.29 is 28.5 Å². The van der Waals surface area contributed by atoms with Crippen molar-refractivity contribution in [1.82, 2.24) is 0 Å². The van der Waals surface area contributed by atoms with E-state index < -0.39 is 24.1 Å². The van der Waals surface area contributed by atoms with E-state index in [-0.39, 0.29) is 6.61 Å². The summed E-state index contributed by atoms with van der Waals surface area (Å²) in [5, 5.41) is 2.67. The van der Waals surface area contributed by atoms with E-state index in [1.807, 2.05) is 6.07 Å². The zero-order valence-corrected chi connectivity index (χ0v) is 14.4. The maximum Gasteiger partial charge on any atom is 0.351 e. The fourth-order valence-corrected chi connectivity index (χ4v) is 2.42. The van der Waals surface area contributed by atoms with Crippen LogP contribution in [0.25, 0.3) is 0 Å². The van der Waals surface area contributed by atoms with Gasteiger partial charge >= 0.3 is 5.97 Å². The van der Waals surface area contributed by atoms with Crippen LogP contribution in [0.4, 0.5) is 5.69 Å². The van der Waals surface area contributed by atoms with Gasteiger partial charge in [0.2, 0.25) is 6.10 Å². The van der Waals surface area contributed by atoms with Gasteiger partial charge in [-0.05, 0) is 31.2 Å². The third-order valence-corrected chi connectivity index (χ3v) is 3.80. The monoisotopic (exact) mass is 357 g/mol. The molecule has 1 N–H and O–H groups in total. The second kappa shape index (κ2) is 7.77. The van der Waals surface area contributed by atoms with E-state index in [9.17, 15) is 9.59 Å². The number of fused-ring (bicyclic) bond motifs is 1. The number of para-hydroxylation sites is 4. The average molecular weight is 357 g/mol. The van der Waals surface area contributed by atoms with Crippen LogP contribution >= 0.6 is 0 Å². The van der Waals surface area contributed by atoms with Crippen LogP contribution in [0.5, 0.6) is 17.2 Å². The molecule has 1 amide bonds. The van der Waals surface area contributed by atoms with Crippen LogP contribution in [0.3, 0.4) is 0 Å². The van der Waals surface area contributed by atoms with Crippen molar-refractivity contribution in [3.63, 3.8) is 0 Å². The van der Waals surface area contributed by atoms with E-state index in [0.29, 0.717) is 22.9 Å². The van der Waals surface area contributed by atoms with Crippen molar-refractivity contribution >= 4 is 17.6 Å². The number of benzene rings is 2. The van der Waals surface area contributed by atoms with E-state index >= 15 is 0 Å². The summed E-state index contributed by atoms with van der Waals surface area (Å²) in [6, 6.07) is 14.0. The fourth-order valence-electron chi connectivity index (χ4n) is 2.42. The number of rotatable bonds is 5. The smallest absolute Gasteiger partial charge is 0.351 e. The number of hydrogen-bond acceptors (Lipinski definition) is 6. The van der Waals surface area contributed by atoms with E-state index in [2.05, 4.69) is 5.32 Å². The van der Waals surface area contributed by atoms with Crippen LogP contribution < -0.4 is 19.5 Å². The molecule has 2 aromatic rings. The number of esters is 1. The van der Waals surface area contributed by atoms with Gasteiger partial charge in [0.1, 0.15) is 12.4 Å². The first kappa shape index (κ1) is 17.6. The molecule has 0 bridgehead atoms. The van der Waals surface area contributed by atoms with Gasteiger partial charge in [0.15, 0.2) is 17.6 Å². The third kappa shape index (κ3) is 3.88. The molecular formula is C19H19NO6. The van der Waals surface area contributed by atoms with Gasteiger partial charge in [-0.1, -0.05) is 24.3 Å². The number of nitrogens with one attached hydrogen (secondary N) is 1. The normalized spacial score (nSPS) is 16.3. The Bertz CT molecular complexity index is 806. The molecule has 0 saturated heterocycles. The van der Waals surface area contributed by atoms with Gasteiger partial charge in [0, 0.05) is 0 Å². The molecular weight excluding hydrogens is 338 g/mol. The van der Waals surface area contributed by atoms with Crippen LogP contribution in [-0.4, -0.2) is 37.8 Å². The first-order valence-corrected chi connectivity index (χ1v) is 8.11. The Kier molecular flexibility index (Phi) is 5.26. The summed E-state index contributed by atoms with van der Waals surface area (Å²) in [6.45, 7) is 1.51. The highest BCUT2D eigenvalue weighted by Gasteiger charge is 2.31. The first-order valence-electron chi connectivity index (χ1n) is 8.11. The maximum atomic E-state index is 12.3. The molecule has 136 valence electrons. The highest BCUT2D eigenvalue weighted by molar-refractivity contribution is 5.96. The molecule has 1 heterocycles. The number of carbonyl (C=O) groups excluding carboxylic acids is 2. The Morgan fingerprint density at radius 2 is 1.81 bits per heavy atom. The Morgan fingerprint density at radius 1 is 1.12 bits per heavy atom. The molecule has 26 heavy (non-hydrogen) atoms. The molecule has 3 rings (SSSR count). The van der Waals surface area contributed by atoms with Gasteiger partial charge in [-0.3, -0.25) is 4.79 Å². The summed E-state index contributed by atoms with van der Waals surface area (Å²) < 4.78 is 21.5. The number of carbonyl (C=O) groups is 2. The van der Waals surface area contributed by atoms with E-state index in [4.69, 9.17) is 18.9 Å². The van der Waals surface area contributed by atoms with Crippen molar-refractivity contribution in [2.75, 3.05) is 19.0 Å². The lowest BCUT2D eigenvalue weighted by Crippen LogP contribution is -2.41. The van der Waals surface area contributed by atoms with Gasteiger partial charge in [0.05, 0.1) is 12.8 Å². The second-order valence-corrected chi connectivity index (χ2v) is 5.63. The molecule has 0 radical (unpaired) electrons. The molecule has 0 aliphatic carbocycles. The van der Waals surface area contributed by atoms with Gasteiger partial charge in [-0.25, -0.2) is 4.79 Å². The largest absolute Gasteiger partial charge is 0.495 e. The molecule has 2 atom stereocenters. The fraction of sp³-hybridized carbons (Fsp3) is 0.263. The Morgan fingerprint density at radius 3 is 2.58 bits per heavy atom. The van der Waals surface area contributed by atoms with Crippen molar-refractivity contribution in [3.05, 3.63) is 48.5 Å². The van der Waals surface area contributed by atoms with E-state index in [1.165, 1.54) is 14.0 Å². The quantitative estimate of drug-likeness (QED) is 0.828. The third-order valence-electron chi connectivity index (χ3n) is 3.80. The van der Waals surface area contributed by atoms with Crippen LogP contribution in [0, 0.1) is 0 Å². The van der Waals surface area contributed by atoms with Crippen molar-refractivity contribution in [1.29, 1.82) is 0 Å². The summed E-state index contributed by atoms with van der Waals surface area (Å²) in [4.78, 5) is 24.5. The predicted molar refractivity (Wildman–Crippen MR) is 93.5 cm³/mol. The number of methoxy groups -OCH3 is 1. The van der Waals surface area contributed by atoms with E-state index in [1.54, 1.807) is 42.5 Å². The number of amides is 1. The number of hydrogen-bond donors (Lipinski definition) is 1. The van der Waals surface area contributed by atoms with Crippen LogP contribution in [0.1, 0.15) is 6.92 Å². The van der Waals surface area contributed by atoms with Crippen molar-refractivity contribution in [3.8, 4) is 17.2 Å². The average Bonchev–Trinajstić information content (AvgIpc) is 2.67. The minimum Gasteiger partial charge on any atom is -0.495 e. The molecule has 7 nitrogen and oxygen atoms in total. The first-order chi connectivity index (χ1) is 12.6. The molecule has 0 saturated carbocycles. The summed E-state index contributed by atoms with van der Waals surface area (Å²) in [5.41, 5.74) is 0.495. The summed E-state index contributed by atoms with van der Waals surface area (Å²) in [6.07, 6.45) is -1.93. The molecule has 7 heteroatoms. The lowest BCUT2D eigenvalue weighted by atomic mass is 10.2. The summed E-state index contributed by atoms with van der Waals surface area (Å²) >= 11 is 0. The maximum absolute atomic E-state index is 12.3. The second-order valence-electron chi connectivity index (χ2n) is 5.63. The SMILES string of the molecule is COc1ccccc1NC(=O)[C@@H](C)OC(=O)[C@H]1COc2ccccc2O1. The van der Waals surface area contributed by atoms with Gasteiger partial charge in [-0.15, -0.1) is 0 Å². The zero-order chi connectivity index (χ0) is 18.5. The zero-order valence-electron chi connectivity index (χ0n) is 14.4. The minimum absolute atomic E-state index is 0.0245. The Hall–Kier alpha value is -3.22. The Labute approximate surface area is 150 Å². The van der Waals surface area contributed by atoms with Gasteiger partial charge in [0.25, 0.3) is 5.91 Å². The standard InChI is InChI=1S/C19H19NO6/c1-12(18(21)20-13-7-3-4-8-14(13)23-2)25-19(22)17-11-24-15-9-5-6-10-16(15)26-17/h3-10,12,17H,11H2,1-2H3,(H,20,21)/t12-,17-/m1/s1. The lowest BCUT2D eigenvalue weighted by Gasteiger charge is -2.26. The highest BCUT2D eigenvalue weighted by atomic mass is 16.6. The summed E-state index contributed by atoms with van der Waals surface area (Å²) in [5.74, 6) is 0.410. The molecule has 0 aromatic heterocycles. The van der Waals surface area contributed by atoms with E-state index in [0.717, 1.165) is 0 Å². The molecule has 0 fully saturated rings. The predicted octanol–water partition coefficient (Wildman–Crippen LogP) is 2.41.